The quantitative estimate of drug-likeness (QED) is 0.192. The summed E-state index contributed by atoms with van der Waals surface area (Å²) in [4.78, 5) is 22.7. The highest BCUT2D eigenvalue weighted by molar-refractivity contribution is 7.86. The van der Waals surface area contributed by atoms with Gasteiger partial charge in [-0.15, -0.1) is 0 Å². The number of hydrogen-bond donors (Lipinski definition) is 2. The Morgan fingerprint density at radius 2 is 1.69 bits per heavy atom. The molecule has 0 rings (SSSR count). The van der Waals surface area contributed by atoms with Gasteiger partial charge in [0.15, 0.2) is 0 Å². The zero-order chi connectivity index (χ0) is 21.0. The molecule has 0 aliphatic carbocycles. The smallest absolute Gasteiger partial charge is 0.410 e. The Morgan fingerprint density at radius 1 is 1.19 bits per heavy atom. The molecule has 1 amide bonds. The minimum absolute atomic E-state index is 0.372. The third kappa shape index (κ3) is 5.43. The van der Waals surface area contributed by atoms with Crippen LogP contribution in [0, 0.1) is 0 Å². The molecule has 8 nitrogen and oxygen atoms in total. The van der Waals surface area contributed by atoms with Crippen LogP contribution in [0.5, 0.6) is 0 Å². The summed E-state index contributed by atoms with van der Waals surface area (Å²) in [5, 5.41) is -3.64. The SMILES string of the molecule is C=CNC(=O)C(OCCC(F)(F)S(=O)(=O)O)(OC(=O)C(=C)F)C(F)(F)F. The van der Waals surface area contributed by atoms with Gasteiger partial charge in [-0.05, 0) is 6.20 Å². The van der Waals surface area contributed by atoms with Crippen molar-refractivity contribution in [3.8, 4) is 0 Å². The predicted octanol–water partition coefficient (Wildman–Crippen LogP) is 1.42. The van der Waals surface area contributed by atoms with E-state index in [1.54, 1.807) is 0 Å². The van der Waals surface area contributed by atoms with Crippen molar-refractivity contribution in [3.05, 3.63) is 25.2 Å². The van der Waals surface area contributed by atoms with E-state index in [9.17, 15) is 44.3 Å². The van der Waals surface area contributed by atoms with Crippen LogP contribution in [0.1, 0.15) is 6.42 Å². The maximum atomic E-state index is 13.2. The summed E-state index contributed by atoms with van der Waals surface area (Å²) in [6.07, 6.45) is -7.63. The monoisotopic (exact) mass is 415 g/mol. The van der Waals surface area contributed by atoms with Gasteiger partial charge >= 0.3 is 39.2 Å². The van der Waals surface area contributed by atoms with Gasteiger partial charge in [0.05, 0.1) is 13.0 Å². The van der Waals surface area contributed by atoms with Crippen molar-refractivity contribution in [1.29, 1.82) is 0 Å². The fraction of sp³-hybridized carbons (Fsp3) is 0.455. The van der Waals surface area contributed by atoms with E-state index in [4.69, 9.17) is 4.55 Å². The van der Waals surface area contributed by atoms with Gasteiger partial charge in [0, 0.05) is 0 Å². The van der Waals surface area contributed by atoms with Crippen molar-refractivity contribution in [2.24, 2.45) is 0 Å². The van der Waals surface area contributed by atoms with E-state index in [1.165, 1.54) is 5.32 Å². The lowest BCUT2D eigenvalue weighted by atomic mass is 10.2. The van der Waals surface area contributed by atoms with Crippen LogP contribution in [0.2, 0.25) is 0 Å². The van der Waals surface area contributed by atoms with Gasteiger partial charge in [0.2, 0.25) is 5.83 Å². The van der Waals surface area contributed by atoms with E-state index in [0.29, 0.717) is 6.20 Å². The Kier molecular flexibility index (Phi) is 7.39. The van der Waals surface area contributed by atoms with Gasteiger partial charge in [-0.3, -0.25) is 9.35 Å². The molecule has 15 heteroatoms. The van der Waals surface area contributed by atoms with Gasteiger partial charge < -0.3 is 14.8 Å². The second-order valence-corrected chi connectivity index (χ2v) is 5.84. The molecule has 0 saturated carbocycles. The Labute approximate surface area is 142 Å². The third-order valence-corrected chi connectivity index (χ3v) is 3.40. The Balaban J connectivity index is 5.83. The summed E-state index contributed by atoms with van der Waals surface area (Å²) >= 11 is 0. The number of carbonyl (C=O) groups is 2. The van der Waals surface area contributed by atoms with Crippen LogP contribution in [0.25, 0.3) is 0 Å². The second-order valence-electron chi connectivity index (χ2n) is 4.30. The summed E-state index contributed by atoms with van der Waals surface area (Å²) in [7, 11) is -6.02. The molecule has 0 aromatic carbocycles. The van der Waals surface area contributed by atoms with Crippen molar-refractivity contribution < 1.29 is 58.4 Å². The summed E-state index contributed by atoms with van der Waals surface area (Å²) in [6, 6.07) is 0. The lowest BCUT2D eigenvalue weighted by molar-refractivity contribution is -0.348. The van der Waals surface area contributed by atoms with Crippen LogP contribution >= 0.6 is 0 Å². The Hall–Kier alpha value is -2.13. The molecular formula is C11H11F6NO7S. The molecule has 0 aromatic heterocycles. The highest BCUT2D eigenvalue weighted by Crippen LogP contribution is 2.37. The average molecular weight is 415 g/mol. The van der Waals surface area contributed by atoms with Crippen LogP contribution in [-0.4, -0.2) is 48.7 Å². The third-order valence-electron chi connectivity index (χ3n) is 2.44. The van der Waals surface area contributed by atoms with E-state index in [2.05, 4.69) is 22.6 Å². The second kappa shape index (κ2) is 8.05. The van der Waals surface area contributed by atoms with Crippen molar-refractivity contribution in [3.63, 3.8) is 0 Å². The number of amides is 1. The van der Waals surface area contributed by atoms with Gasteiger partial charge in [0.25, 0.3) is 0 Å². The summed E-state index contributed by atoms with van der Waals surface area (Å²) in [5.41, 5.74) is 0. The molecule has 0 aliphatic rings. The highest BCUT2D eigenvalue weighted by atomic mass is 32.2. The molecule has 0 aliphatic heterocycles. The highest BCUT2D eigenvalue weighted by Gasteiger charge is 2.66. The number of nitrogens with one attached hydrogen (secondary N) is 1. The summed E-state index contributed by atoms with van der Waals surface area (Å²) in [6.45, 7) is 3.30. The topological polar surface area (TPSA) is 119 Å². The number of carbonyl (C=O) groups excluding carboxylic acids is 2. The first-order valence-corrected chi connectivity index (χ1v) is 7.51. The van der Waals surface area contributed by atoms with E-state index < -0.39 is 58.1 Å². The molecule has 0 heterocycles. The lowest BCUT2D eigenvalue weighted by Crippen LogP contribution is -2.61. The normalized spacial score (nSPS) is 14.9. The number of esters is 1. The first-order chi connectivity index (χ1) is 11.5. The van der Waals surface area contributed by atoms with Crippen LogP contribution in [0.15, 0.2) is 25.2 Å². The van der Waals surface area contributed by atoms with Crippen LogP contribution in [0.4, 0.5) is 26.3 Å². The van der Waals surface area contributed by atoms with Crippen LogP contribution in [0.3, 0.4) is 0 Å². The molecule has 2 N–H and O–H groups in total. The number of halogens is 6. The molecule has 1 atom stereocenters. The maximum absolute atomic E-state index is 13.2. The molecule has 1 unspecified atom stereocenters. The molecule has 0 radical (unpaired) electrons. The molecule has 0 fully saturated rings. The van der Waals surface area contributed by atoms with Crippen molar-refractivity contribution in [2.45, 2.75) is 23.6 Å². The zero-order valence-corrected chi connectivity index (χ0v) is 13.3. The maximum Gasteiger partial charge on any atom is 0.466 e. The number of hydrogen-bond acceptors (Lipinski definition) is 6. The summed E-state index contributed by atoms with van der Waals surface area (Å²) < 4.78 is 115. The Morgan fingerprint density at radius 3 is 2.04 bits per heavy atom. The van der Waals surface area contributed by atoms with Crippen molar-refractivity contribution in [1.82, 2.24) is 5.32 Å². The molecule has 0 saturated heterocycles. The molecule has 0 aromatic rings. The number of rotatable bonds is 9. The molecule has 0 spiro atoms. The number of alkyl halides is 5. The van der Waals surface area contributed by atoms with Crippen molar-refractivity contribution in [2.75, 3.05) is 6.61 Å². The first-order valence-electron chi connectivity index (χ1n) is 6.07. The Bertz CT molecular complexity index is 690. The van der Waals surface area contributed by atoms with Gasteiger partial charge in [-0.25, -0.2) is 4.79 Å². The standard InChI is InChI=1S/C11H11F6NO7S/c1-3-18-8(20)10(11(15,16)17,25-7(19)6(2)12)24-5-4-9(13,14)26(21,22)23/h3H,1-2,4-5H2,(H,18,20)(H,21,22,23). The fourth-order valence-electron chi connectivity index (χ4n) is 1.23. The van der Waals surface area contributed by atoms with E-state index in [-0.39, 0.29) is 0 Å². The molecule has 150 valence electrons. The minimum Gasteiger partial charge on any atom is -0.410 e. The van der Waals surface area contributed by atoms with E-state index in [1.807, 2.05) is 0 Å². The number of ether oxygens (including phenoxy) is 2. The molecule has 26 heavy (non-hydrogen) atoms. The molecular weight excluding hydrogens is 404 g/mol. The van der Waals surface area contributed by atoms with Crippen molar-refractivity contribution >= 4 is 22.0 Å². The average Bonchev–Trinajstić information content (AvgIpc) is 2.43. The zero-order valence-electron chi connectivity index (χ0n) is 12.5. The van der Waals surface area contributed by atoms with Crippen LogP contribution < -0.4 is 5.32 Å². The largest absolute Gasteiger partial charge is 0.466 e. The molecule has 0 bridgehead atoms. The van der Waals surface area contributed by atoms with Gasteiger partial charge in [-0.1, -0.05) is 13.2 Å². The fourth-order valence-corrected chi connectivity index (χ4v) is 1.57. The lowest BCUT2D eigenvalue weighted by Gasteiger charge is -2.32. The predicted molar refractivity (Wildman–Crippen MR) is 70.5 cm³/mol. The van der Waals surface area contributed by atoms with E-state index in [0.717, 1.165) is 0 Å². The van der Waals surface area contributed by atoms with Gasteiger partial charge in [-0.2, -0.15) is 34.8 Å². The van der Waals surface area contributed by atoms with Crippen LogP contribution in [-0.2, 0) is 29.2 Å². The van der Waals surface area contributed by atoms with E-state index >= 15 is 0 Å². The first kappa shape index (κ1) is 23.9. The minimum atomic E-state index is -6.02. The van der Waals surface area contributed by atoms with Gasteiger partial charge in [0.1, 0.15) is 0 Å². The summed E-state index contributed by atoms with van der Waals surface area (Å²) in [5.74, 6) is -11.5.